The first-order chi connectivity index (χ1) is 12.2. The summed E-state index contributed by atoms with van der Waals surface area (Å²) in [6, 6.07) is 23.0. The van der Waals surface area contributed by atoms with Gasteiger partial charge in [0.25, 0.3) is 0 Å². The molecule has 0 aliphatic heterocycles. The van der Waals surface area contributed by atoms with E-state index in [9.17, 15) is 5.11 Å². The van der Waals surface area contributed by atoms with E-state index in [0.29, 0.717) is 0 Å². The van der Waals surface area contributed by atoms with E-state index in [1.807, 2.05) is 29.5 Å². The van der Waals surface area contributed by atoms with Gasteiger partial charge in [0, 0.05) is 27.8 Å². The van der Waals surface area contributed by atoms with Gasteiger partial charge >= 0.3 is 0 Å². The molecular formula is C22H19NOS. The van der Waals surface area contributed by atoms with Crippen molar-refractivity contribution in [3.8, 4) is 11.3 Å². The minimum Gasteiger partial charge on any atom is -0.389 e. The molecule has 0 unspecified atom stereocenters. The molecule has 0 aliphatic rings. The smallest absolute Gasteiger partial charge is 0.0763 e. The van der Waals surface area contributed by atoms with Crippen LogP contribution in [0.5, 0.6) is 0 Å². The molecule has 2 nitrogen and oxygen atoms in total. The molecule has 0 bridgehead atoms. The van der Waals surface area contributed by atoms with Crippen LogP contribution < -0.4 is 0 Å². The van der Waals surface area contributed by atoms with Gasteiger partial charge in [0.05, 0.1) is 11.8 Å². The molecule has 1 N–H and O–H groups in total. The molecule has 0 spiro atoms. The number of aliphatic hydroxyl groups is 1. The minimum absolute atomic E-state index is 0.488. The van der Waals surface area contributed by atoms with Crippen molar-refractivity contribution in [2.45, 2.75) is 19.4 Å². The molecule has 0 saturated carbocycles. The number of pyridine rings is 1. The van der Waals surface area contributed by atoms with E-state index in [2.05, 4.69) is 53.5 Å². The van der Waals surface area contributed by atoms with Gasteiger partial charge in [-0.1, -0.05) is 48.5 Å². The third kappa shape index (κ3) is 3.34. The summed E-state index contributed by atoms with van der Waals surface area (Å²) in [6.45, 7) is 1.78. The van der Waals surface area contributed by atoms with Crippen LogP contribution in [0.4, 0.5) is 0 Å². The summed E-state index contributed by atoms with van der Waals surface area (Å²) in [5.41, 5.74) is 4.26. The van der Waals surface area contributed by atoms with Crippen molar-refractivity contribution in [3.63, 3.8) is 0 Å². The summed E-state index contributed by atoms with van der Waals surface area (Å²) in [5, 5.41) is 11.1. The van der Waals surface area contributed by atoms with Crippen molar-refractivity contribution >= 4 is 21.4 Å². The Morgan fingerprint density at radius 2 is 1.84 bits per heavy atom. The molecule has 4 rings (SSSR count). The molecule has 0 saturated heterocycles. The van der Waals surface area contributed by atoms with Gasteiger partial charge in [-0.25, -0.2) is 0 Å². The summed E-state index contributed by atoms with van der Waals surface area (Å²) in [6.07, 6.45) is 2.23. The summed E-state index contributed by atoms with van der Waals surface area (Å²) >= 11 is 1.83. The molecule has 0 amide bonds. The standard InChI is InChI=1S/C22H19NOS/c1-15(24)17-10-11-23-21(14-17)20-9-5-8-18-13-19(25-22(18)20)12-16-6-3-2-4-7-16/h2-11,13-15,24H,12H2,1H3/t15-/m0/s1. The number of thiophene rings is 1. The Morgan fingerprint density at radius 1 is 1.00 bits per heavy atom. The van der Waals surface area contributed by atoms with E-state index in [-0.39, 0.29) is 0 Å². The number of nitrogens with zero attached hydrogens (tertiary/aromatic N) is 1. The fraction of sp³-hybridized carbons (Fsp3) is 0.136. The van der Waals surface area contributed by atoms with Gasteiger partial charge in [-0.05, 0) is 41.6 Å². The Hall–Kier alpha value is -2.49. The van der Waals surface area contributed by atoms with Crippen LogP contribution in [0.15, 0.2) is 72.9 Å². The average Bonchev–Trinajstić information content (AvgIpc) is 3.05. The zero-order valence-electron chi connectivity index (χ0n) is 14.0. The second-order valence-corrected chi connectivity index (χ2v) is 7.39. The average molecular weight is 345 g/mol. The molecule has 124 valence electrons. The predicted octanol–water partition coefficient (Wildman–Crippen LogP) is 5.61. The van der Waals surface area contributed by atoms with Crippen LogP contribution in [0.1, 0.15) is 29.0 Å². The fourth-order valence-corrected chi connectivity index (χ4v) is 4.27. The zero-order chi connectivity index (χ0) is 17.2. The lowest BCUT2D eigenvalue weighted by Gasteiger charge is -2.07. The van der Waals surface area contributed by atoms with Crippen LogP contribution in [0.25, 0.3) is 21.3 Å². The van der Waals surface area contributed by atoms with E-state index in [0.717, 1.165) is 23.2 Å². The molecule has 0 aliphatic carbocycles. The molecule has 0 radical (unpaired) electrons. The van der Waals surface area contributed by atoms with Crippen LogP contribution in [-0.4, -0.2) is 10.1 Å². The molecule has 4 aromatic rings. The van der Waals surface area contributed by atoms with Crippen LogP contribution >= 0.6 is 11.3 Å². The van der Waals surface area contributed by atoms with Gasteiger partial charge < -0.3 is 5.11 Å². The lowest BCUT2D eigenvalue weighted by molar-refractivity contribution is 0.199. The number of hydrogen-bond donors (Lipinski definition) is 1. The first kappa shape index (κ1) is 16.0. The van der Waals surface area contributed by atoms with Crippen LogP contribution in [0.3, 0.4) is 0 Å². The summed E-state index contributed by atoms with van der Waals surface area (Å²) < 4.78 is 1.25. The van der Waals surface area contributed by atoms with E-state index in [1.165, 1.54) is 20.5 Å². The van der Waals surface area contributed by atoms with Gasteiger partial charge in [0.15, 0.2) is 0 Å². The van der Waals surface area contributed by atoms with Gasteiger partial charge in [0.2, 0.25) is 0 Å². The SMILES string of the molecule is C[C@H](O)c1ccnc(-c2cccc3cc(Cc4ccccc4)sc23)c1. The first-order valence-corrected chi connectivity index (χ1v) is 9.22. The van der Waals surface area contributed by atoms with Crippen molar-refractivity contribution < 1.29 is 5.11 Å². The highest BCUT2D eigenvalue weighted by Gasteiger charge is 2.11. The number of aliphatic hydroxyl groups excluding tert-OH is 1. The van der Waals surface area contributed by atoms with E-state index < -0.39 is 6.10 Å². The summed E-state index contributed by atoms with van der Waals surface area (Å²) in [7, 11) is 0. The number of fused-ring (bicyclic) bond motifs is 1. The third-order valence-corrected chi connectivity index (χ3v) is 5.54. The van der Waals surface area contributed by atoms with Crippen molar-refractivity contribution in [1.29, 1.82) is 0 Å². The maximum atomic E-state index is 9.85. The highest BCUT2D eigenvalue weighted by atomic mass is 32.1. The molecule has 2 aromatic heterocycles. The molecule has 2 heterocycles. The lowest BCUT2D eigenvalue weighted by atomic mass is 10.1. The first-order valence-electron chi connectivity index (χ1n) is 8.40. The minimum atomic E-state index is -0.488. The number of rotatable bonds is 4. The topological polar surface area (TPSA) is 33.1 Å². The maximum Gasteiger partial charge on any atom is 0.0763 e. The van der Waals surface area contributed by atoms with Gasteiger partial charge in [0.1, 0.15) is 0 Å². The van der Waals surface area contributed by atoms with Crippen molar-refractivity contribution in [2.24, 2.45) is 0 Å². The van der Waals surface area contributed by atoms with Crippen molar-refractivity contribution in [1.82, 2.24) is 4.98 Å². The quantitative estimate of drug-likeness (QED) is 0.522. The Bertz CT molecular complexity index is 1000. The number of benzene rings is 2. The monoisotopic (exact) mass is 345 g/mol. The Balaban J connectivity index is 1.76. The van der Waals surface area contributed by atoms with Gasteiger partial charge in [-0.2, -0.15) is 0 Å². The van der Waals surface area contributed by atoms with E-state index >= 15 is 0 Å². The van der Waals surface area contributed by atoms with Crippen LogP contribution in [-0.2, 0) is 6.42 Å². The Kier molecular flexibility index (Phi) is 4.35. The molecule has 25 heavy (non-hydrogen) atoms. The third-order valence-electron chi connectivity index (χ3n) is 4.36. The van der Waals surface area contributed by atoms with Gasteiger partial charge in [-0.3, -0.25) is 4.98 Å². The Morgan fingerprint density at radius 3 is 2.64 bits per heavy atom. The number of aromatic nitrogens is 1. The van der Waals surface area contributed by atoms with Crippen LogP contribution in [0, 0.1) is 0 Å². The fourth-order valence-electron chi connectivity index (χ4n) is 3.06. The van der Waals surface area contributed by atoms with Gasteiger partial charge in [-0.15, -0.1) is 11.3 Å². The highest BCUT2D eigenvalue weighted by Crippen LogP contribution is 2.35. The van der Waals surface area contributed by atoms with E-state index in [4.69, 9.17) is 0 Å². The van der Waals surface area contributed by atoms with E-state index in [1.54, 1.807) is 13.1 Å². The lowest BCUT2D eigenvalue weighted by Crippen LogP contribution is -1.93. The molecular weight excluding hydrogens is 326 g/mol. The second kappa shape index (κ2) is 6.79. The van der Waals surface area contributed by atoms with Crippen molar-refractivity contribution in [2.75, 3.05) is 0 Å². The van der Waals surface area contributed by atoms with Crippen molar-refractivity contribution in [3.05, 3.63) is 88.9 Å². The highest BCUT2D eigenvalue weighted by molar-refractivity contribution is 7.19. The Labute approximate surface area is 151 Å². The second-order valence-electron chi connectivity index (χ2n) is 6.25. The summed E-state index contributed by atoms with van der Waals surface area (Å²) in [5.74, 6) is 0. The maximum absolute atomic E-state index is 9.85. The molecule has 0 fully saturated rings. The van der Waals surface area contributed by atoms with Crippen LogP contribution in [0.2, 0.25) is 0 Å². The number of hydrogen-bond acceptors (Lipinski definition) is 3. The largest absolute Gasteiger partial charge is 0.389 e. The zero-order valence-corrected chi connectivity index (χ0v) is 14.8. The summed E-state index contributed by atoms with van der Waals surface area (Å²) in [4.78, 5) is 5.88. The normalized spacial score (nSPS) is 12.4. The molecule has 2 aromatic carbocycles. The molecule has 1 atom stereocenters. The predicted molar refractivity (Wildman–Crippen MR) is 105 cm³/mol. The molecule has 3 heteroatoms.